The topological polar surface area (TPSA) is 35.2 Å². The van der Waals surface area contributed by atoms with E-state index in [-0.39, 0.29) is 12.1 Å². The first kappa shape index (κ1) is 11.3. The molecule has 2 aromatic carbocycles. The largest absolute Gasteiger partial charge is 0.490 e. The van der Waals surface area contributed by atoms with E-state index in [1.807, 2.05) is 24.3 Å². The summed E-state index contributed by atoms with van der Waals surface area (Å²) < 4.78 is 6.03. The van der Waals surface area contributed by atoms with E-state index >= 15 is 0 Å². The lowest BCUT2D eigenvalue weighted by Crippen LogP contribution is -2.31. The van der Waals surface area contributed by atoms with Gasteiger partial charge in [-0.3, -0.25) is 0 Å². The summed E-state index contributed by atoms with van der Waals surface area (Å²) in [7, 11) is 0. The molecule has 1 aliphatic rings. The predicted molar refractivity (Wildman–Crippen MR) is 72.5 cm³/mol. The molecule has 2 atom stereocenters. The molecule has 1 heterocycles. The number of hydrogen-bond donors (Lipinski definition) is 1. The molecule has 0 spiro atoms. The van der Waals surface area contributed by atoms with Gasteiger partial charge in [-0.15, -0.1) is 0 Å². The Kier molecular flexibility index (Phi) is 3.03. The molecule has 1 unspecified atom stereocenters. The fourth-order valence-corrected chi connectivity index (χ4v) is 2.53. The highest BCUT2D eigenvalue weighted by Crippen LogP contribution is 2.33. The molecule has 2 nitrogen and oxygen atoms in total. The average molecular weight is 239 g/mol. The fourth-order valence-electron chi connectivity index (χ4n) is 2.53. The van der Waals surface area contributed by atoms with Crippen LogP contribution in [0.3, 0.4) is 0 Å². The molecule has 2 heteroatoms. The quantitative estimate of drug-likeness (QED) is 0.874. The number of hydrogen-bond acceptors (Lipinski definition) is 2. The third-order valence-electron chi connectivity index (χ3n) is 3.44. The van der Waals surface area contributed by atoms with Crippen LogP contribution < -0.4 is 10.5 Å². The van der Waals surface area contributed by atoms with E-state index in [0.29, 0.717) is 0 Å². The third kappa shape index (κ3) is 2.24. The summed E-state index contributed by atoms with van der Waals surface area (Å²) in [5, 5.41) is 0. The third-order valence-corrected chi connectivity index (χ3v) is 3.44. The molecule has 2 aromatic rings. The van der Waals surface area contributed by atoms with Gasteiger partial charge in [0.05, 0.1) is 0 Å². The van der Waals surface area contributed by atoms with Crippen LogP contribution in [0.25, 0.3) is 0 Å². The number of para-hydroxylation sites is 1. The van der Waals surface area contributed by atoms with Crippen molar-refractivity contribution < 1.29 is 4.74 Å². The Hall–Kier alpha value is -1.80. The first-order valence-corrected chi connectivity index (χ1v) is 6.38. The molecular weight excluding hydrogens is 222 g/mol. The molecular formula is C16H17NO. The van der Waals surface area contributed by atoms with Gasteiger partial charge >= 0.3 is 0 Å². The lowest BCUT2D eigenvalue weighted by molar-refractivity contribution is 0.159. The zero-order chi connectivity index (χ0) is 12.4. The highest BCUT2D eigenvalue weighted by atomic mass is 16.5. The lowest BCUT2D eigenvalue weighted by atomic mass is 9.94. The number of ether oxygens (including phenoxy) is 1. The number of nitrogens with two attached hydrogens (primary N) is 1. The Bertz CT molecular complexity index is 524. The van der Waals surface area contributed by atoms with E-state index in [9.17, 15) is 0 Å². The molecule has 2 N–H and O–H groups in total. The normalized spacial score (nSPS) is 22.1. The van der Waals surface area contributed by atoms with Crippen molar-refractivity contribution in [2.24, 2.45) is 5.73 Å². The second kappa shape index (κ2) is 4.83. The smallest absolute Gasteiger partial charge is 0.124 e. The van der Waals surface area contributed by atoms with E-state index in [2.05, 4.69) is 30.3 Å². The molecule has 0 saturated heterocycles. The van der Waals surface area contributed by atoms with Crippen LogP contribution in [0.1, 0.15) is 23.6 Å². The first-order valence-electron chi connectivity index (χ1n) is 6.38. The molecule has 0 bridgehead atoms. The van der Waals surface area contributed by atoms with E-state index in [0.717, 1.165) is 24.2 Å². The van der Waals surface area contributed by atoms with Crippen molar-refractivity contribution in [3.63, 3.8) is 0 Å². The highest BCUT2D eigenvalue weighted by molar-refractivity contribution is 5.37. The second-order valence-electron chi connectivity index (χ2n) is 4.81. The Labute approximate surface area is 107 Å². The van der Waals surface area contributed by atoms with Gasteiger partial charge in [0.2, 0.25) is 0 Å². The summed E-state index contributed by atoms with van der Waals surface area (Å²) >= 11 is 0. The maximum atomic E-state index is 6.21. The molecule has 0 amide bonds. The van der Waals surface area contributed by atoms with Crippen molar-refractivity contribution in [2.45, 2.75) is 25.0 Å². The van der Waals surface area contributed by atoms with Gasteiger partial charge in [0.25, 0.3) is 0 Å². The summed E-state index contributed by atoms with van der Waals surface area (Å²) in [6, 6.07) is 18.6. The fraction of sp³-hybridized carbons (Fsp3) is 0.250. The van der Waals surface area contributed by atoms with Gasteiger partial charge in [-0.25, -0.2) is 0 Å². The SMILES string of the molecule is N[C@@H]1CC(Cc2ccccc2)Oc2ccccc21. The summed E-state index contributed by atoms with van der Waals surface area (Å²) in [4.78, 5) is 0. The Balaban J connectivity index is 1.78. The monoisotopic (exact) mass is 239 g/mol. The predicted octanol–water partition coefficient (Wildman–Crippen LogP) is 3.08. The minimum atomic E-state index is 0.0867. The second-order valence-corrected chi connectivity index (χ2v) is 4.81. The van der Waals surface area contributed by atoms with E-state index in [4.69, 9.17) is 10.5 Å². The van der Waals surface area contributed by atoms with Gasteiger partial charge in [-0.05, 0) is 11.6 Å². The molecule has 92 valence electrons. The molecule has 0 aliphatic carbocycles. The van der Waals surface area contributed by atoms with Crippen LogP contribution >= 0.6 is 0 Å². The minimum absolute atomic E-state index is 0.0867. The molecule has 0 fully saturated rings. The van der Waals surface area contributed by atoms with Crippen molar-refractivity contribution in [1.29, 1.82) is 0 Å². The minimum Gasteiger partial charge on any atom is -0.490 e. The molecule has 0 radical (unpaired) electrons. The van der Waals surface area contributed by atoms with Crippen molar-refractivity contribution in [2.75, 3.05) is 0 Å². The first-order chi connectivity index (χ1) is 8.83. The zero-order valence-electron chi connectivity index (χ0n) is 10.3. The zero-order valence-corrected chi connectivity index (χ0v) is 10.3. The molecule has 18 heavy (non-hydrogen) atoms. The Morgan fingerprint density at radius 3 is 2.56 bits per heavy atom. The summed E-state index contributed by atoms with van der Waals surface area (Å²) in [6.45, 7) is 0. The van der Waals surface area contributed by atoms with Gasteiger partial charge in [0.1, 0.15) is 11.9 Å². The molecule has 0 saturated carbocycles. The van der Waals surface area contributed by atoms with Crippen LogP contribution in [0.2, 0.25) is 0 Å². The van der Waals surface area contributed by atoms with Gasteiger partial charge < -0.3 is 10.5 Å². The van der Waals surface area contributed by atoms with Gasteiger partial charge in [0, 0.05) is 24.4 Å². The van der Waals surface area contributed by atoms with Crippen LogP contribution in [0.4, 0.5) is 0 Å². The van der Waals surface area contributed by atoms with Crippen molar-refractivity contribution >= 4 is 0 Å². The van der Waals surface area contributed by atoms with Crippen LogP contribution in [-0.2, 0) is 6.42 Å². The Morgan fingerprint density at radius 1 is 1.00 bits per heavy atom. The van der Waals surface area contributed by atoms with E-state index in [1.54, 1.807) is 0 Å². The van der Waals surface area contributed by atoms with Gasteiger partial charge in [-0.2, -0.15) is 0 Å². The highest BCUT2D eigenvalue weighted by Gasteiger charge is 2.25. The molecule has 3 rings (SSSR count). The summed E-state index contributed by atoms with van der Waals surface area (Å²) in [5.74, 6) is 0.942. The van der Waals surface area contributed by atoms with E-state index in [1.165, 1.54) is 5.56 Å². The van der Waals surface area contributed by atoms with Gasteiger partial charge in [-0.1, -0.05) is 48.5 Å². The summed E-state index contributed by atoms with van der Waals surface area (Å²) in [5.41, 5.74) is 8.64. The maximum Gasteiger partial charge on any atom is 0.124 e. The standard InChI is InChI=1S/C16H17NO/c17-15-11-13(10-12-6-2-1-3-7-12)18-16-9-5-4-8-14(15)16/h1-9,13,15H,10-11,17H2/t13?,15-/m1/s1. The molecule has 1 aliphatic heterocycles. The van der Waals surface area contributed by atoms with Crippen LogP contribution in [0.5, 0.6) is 5.75 Å². The number of benzene rings is 2. The van der Waals surface area contributed by atoms with Crippen LogP contribution in [-0.4, -0.2) is 6.10 Å². The molecule has 0 aromatic heterocycles. The van der Waals surface area contributed by atoms with Crippen LogP contribution in [0, 0.1) is 0 Å². The average Bonchev–Trinajstić information content (AvgIpc) is 2.40. The maximum absolute atomic E-state index is 6.21. The Morgan fingerprint density at radius 2 is 1.72 bits per heavy atom. The lowest BCUT2D eigenvalue weighted by Gasteiger charge is -2.30. The number of fused-ring (bicyclic) bond motifs is 1. The van der Waals surface area contributed by atoms with Crippen molar-refractivity contribution in [3.8, 4) is 5.75 Å². The van der Waals surface area contributed by atoms with Crippen LogP contribution in [0.15, 0.2) is 54.6 Å². The van der Waals surface area contributed by atoms with Crippen molar-refractivity contribution in [3.05, 3.63) is 65.7 Å². The van der Waals surface area contributed by atoms with E-state index < -0.39 is 0 Å². The van der Waals surface area contributed by atoms with Crippen molar-refractivity contribution in [1.82, 2.24) is 0 Å². The summed E-state index contributed by atoms with van der Waals surface area (Å²) in [6.07, 6.45) is 1.98. The number of rotatable bonds is 2. The van der Waals surface area contributed by atoms with Gasteiger partial charge in [0.15, 0.2) is 0 Å².